The van der Waals surface area contributed by atoms with Crippen molar-refractivity contribution in [3.8, 4) is 0 Å². The Bertz CT molecular complexity index is 893. The maximum absolute atomic E-state index is 13.4. The maximum Gasteiger partial charge on any atom is 0.315 e. The molecule has 0 aromatic rings. The van der Waals surface area contributed by atoms with Gasteiger partial charge in [-0.25, -0.2) is 4.79 Å². The standard InChI is InChI=1S/C30H51N5O2.C3H8.CH3NO/c1-5-30(18-10-7-11-19-30)34-29(37)33-27(24-13-8-6-9-14-24)22(3)35-20-12-15-26(35)21(2)31-28(23(4)36)32-25-16-17-25;1-3-2;2-1-3/h24-28,31-32H,2-3,5-20H2,1,4H3,(H2,33,34,37);3H2,1-2H3;1H,(H2,2,3). The molecule has 9 heteroatoms. The molecule has 3 amide bonds. The average Bonchev–Trinajstić information content (AvgIpc) is 3.68. The molecule has 0 aromatic carbocycles. The van der Waals surface area contributed by atoms with Crippen LogP contribution in [0.2, 0.25) is 0 Å². The lowest BCUT2D eigenvalue weighted by molar-refractivity contribution is -0.119. The molecule has 0 aromatic heterocycles. The minimum atomic E-state index is -0.394. The van der Waals surface area contributed by atoms with Crippen molar-refractivity contribution in [2.75, 3.05) is 6.54 Å². The molecule has 1 saturated heterocycles. The van der Waals surface area contributed by atoms with E-state index in [1.165, 1.54) is 44.9 Å². The summed E-state index contributed by atoms with van der Waals surface area (Å²) in [5.41, 5.74) is 5.95. The molecule has 3 aliphatic carbocycles. The second-order valence-electron chi connectivity index (χ2n) is 13.0. The van der Waals surface area contributed by atoms with Crippen molar-refractivity contribution in [2.24, 2.45) is 11.7 Å². The van der Waals surface area contributed by atoms with E-state index in [0.717, 1.165) is 75.7 Å². The second kappa shape index (κ2) is 19.0. The van der Waals surface area contributed by atoms with Crippen molar-refractivity contribution in [1.82, 2.24) is 26.2 Å². The number of nitrogens with zero attached hydrogens (tertiary/aromatic N) is 1. The Hall–Kier alpha value is -2.55. The highest BCUT2D eigenvalue weighted by Gasteiger charge is 2.38. The minimum Gasteiger partial charge on any atom is -0.372 e. The molecule has 3 atom stereocenters. The summed E-state index contributed by atoms with van der Waals surface area (Å²) in [5.74, 6) is 0.488. The Morgan fingerprint density at radius 2 is 1.51 bits per heavy atom. The molecule has 9 nitrogen and oxygen atoms in total. The number of nitrogens with two attached hydrogens (primary N) is 1. The fourth-order valence-electron chi connectivity index (χ4n) is 6.83. The van der Waals surface area contributed by atoms with Crippen LogP contribution in [0.25, 0.3) is 0 Å². The third kappa shape index (κ3) is 11.8. The van der Waals surface area contributed by atoms with Crippen molar-refractivity contribution in [3.63, 3.8) is 0 Å². The minimum absolute atomic E-state index is 0.0431. The lowest BCUT2D eigenvalue weighted by atomic mass is 9.79. The first kappa shape index (κ1) is 36.6. The van der Waals surface area contributed by atoms with Crippen LogP contribution in [0.3, 0.4) is 0 Å². The summed E-state index contributed by atoms with van der Waals surface area (Å²) in [5, 5.41) is 13.6. The Balaban J connectivity index is 0.000000992. The van der Waals surface area contributed by atoms with Crippen LogP contribution in [0.15, 0.2) is 24.6 Å². The molecule has 3 saturated carbocycles. The van der Waals surface area contributed by atoms with Crippen molar-refractivity contribution in [1.29, 1.82) is 0 Å². The lowest BCUT2D eigenvalue weighted by Crippen LogP contribution is -2.57. The number of primary amides is 1. The fourth-order valence-corrected chi connectivity index (χ4v) is 6.83. The van der Waals surface area contributed by atoms with E-state index < -0.39 is 6.17 Å². The van der Waals surface area contributed by atoms with Crippen LogP contribution < -0.4 is 27.0 Å². The lowest BCUT2D eigenvalue weighted by Gasteiger charge is -2.41. The van der Waals surface area contributed by atoms with E-state index in [1.807, 2.05) is 0 Å². The average molecular weight is 603 g/mol. The number of amides is 3. The van der Waals surface area contributed by atoms with Crippen molar-refractivity contribution >= 4 is 18.2 Å². The monoisotopic (exact) mass is 602 g/mol. The smallest absolute Gasteiger partial charge is 0.315 e. The van der Waals surface area contributed by atoms with E-state index >= 15 is 0 Å². The van der Waals surface area contributed by atoms with E-state index in [2.05, 4.69) is 65.8 Å². The number of ketones is 1. The number of urea groups is 1. The van der Waals surface area contributed by atoms with Crippen LogP contribution in [0.4, 0.5) is 4.79 Å². The summed E-state index contributed by atoms with van der Waals surface area (Å²) >= 11 is 0. The number of nitrogens with one attached hydrogen (secondary N) is 4. The largest absolute Gasteiger partial charge is 0.372 e. The Morgan fingerprint density at radius 3 is 2.05 bits per heavy atom. The van der Waals surface area contributed by atoms with E-state index in [4.69, 9.17) is 4.79 Å². The number of hydrogen-bond donors (Lipinski definition) is 5. The molecule has 246 valence electrons. The summed E-state index contributed by atoms with van der Waals surface area (Å²) in [7, 11) is 0. The molecule has 43 heavy (non-hydrogen) atoms. The molecule has 4 aliphatic rings. The third-order valence-electron chi connectivity index (χ3n) is 9.37. The van der Waals surface area contributed by atoms with Crippen LogP contribution in [-0.4, -0.2) is 59.5 Å². The molecule has 6 N–H and O–H groups in total. The molecular formula is C34H62N6O3. The van der Waals surface area contributed by atoms with Crippen molar-refractivity contribution < 1.29 is 14.4 Å². The third-order valence-corrected chi connectivity index (χ3v) is 9.37. The topological polar surface area (TPSA) is 129 Å². The van der Waals surface area contributed by atoms with Gasteiger partial charge in [-0.3, -0.25) is 14.9 Å². The molecule has 0 bridgehead atoms. The molecule has 1 heterocycles. The molecule has 1 aliphatic heterocycles. The number of hydrogen-bond acceptors (Lipinski definition) is 6. The Kier molecular flexibility index (Phi) is 16.2. The maximum atomic E-state index is 13.4. The van der Waals surface area contributed by atoms with Crippen LogP contribution in [0.5, 0.6) is 0 Å². The molecule has 4 rings (SSSR count). The summed E-state index contributed by atoms with van der Waals surface area (Å²) in [6, 6.07) is 0.377. The molecule has 0 radical (unpaired) electrons. The highest BCUT2D eigenvalue weighted by molar-refractivity contribution is 5.81. The number of rotatable bonds is 12. The van der Waals surface area contributed by atoms with Crippen LogP contribution in [-0.2, 0) is 9.59 Å². The number of likely N-dealkylation sites (tertiary alicyclic amines) is 1. The zero-order valence-electron chi connectivity index (χ0n) is 27.6. The molecule has 4 fully saturated rings. The highest BCUT2D eigenvalue weighted by Crippen LogP contribution is 2.35. The predicted molar refractivity (Wildman–Crippen MR) is 176 cm³/mol. The van der Waals surface area contributed by atoms with E-state index in [9.17, 15) is 9.59 Å². The van der Waals surface area contributed by atoms with Gasteiger partial charge in [0.25, 0.3) is 0 Å². The number of carbonyl (C=O) groups is 3. The Morgan fingerprint density at radius 1 is 0.930 bits per heavy atom. The summed E-state index contributed by atoms with van der Waals surface area (Å²) in [4.78, 5) is 36.6. The number of carbonyl (C=O) groups excluding carboxylic acids is 3. The van der Waals surface area contributed by atoms with Gasteiger partial charge in [0.15, 0.2) is 5.78 Å². The van der Waals surface area contributed by atoms with Gasteiger partial charge in [-0.15, -0.1) is 0 Å². The highest BCUT2D eigenvalue weighted by atomic mass is 16.2. The summed E-state index contributed by atoms with van der Waals surface area (Å²) in [6.45, 7) is 17.9. The quantitative estimate of drug-likeness (QED) is 0.146. The first-order valence-corrected chi connectivity index (χ1v) is 17.1. The zero-order valence-corrected chi connectivity index (χ0v) is 27.6. The second-order valence-corrected chi connectivity index (χ2v) is 13.0. The first-order chi connectivity index (χ1) is 20.6. The Labute approximate surface area is 261 Å². The van der Waals surface area contributed by atoms with Gasteiger partial charge in [-0.2, -0.15) is 0 Å². The van der Waals surface area contributed by atoms with Crippen LogP contribution in [0.1, 0.15) is 130 Å². The summed E-state index contributed by atoms with van der Waals surface area (Å²) < 4.78 is 0. The van der Waals surface area contributed by atoms with Crippen molar-refractivity contribution in [3.05, 3.63) is 24.6 Å². The van der Waals surface area contributed by atoms with Gasteiger partial charge in [-0.05, 0) is 70.6 Å². The van der Waals surface area contributed by atoms with E-state index in [1.54, 1.807) is 6.92 Å². The normalized spacial score (nSPS) is 22.8. The number of Topliss-reactive ketones (excluding diaryl/α,β-unsaturated/α-hetero) is 1. The van der Waals surface area contributed by atoms with Gasteiger partial charge in [0.05, 0.1) is 12.1 Å². The van der Waals surface area contributed by atoms with Gasteiger partial charge in [0, 0.05) is 29.5 Å². The van der Waals surface area contributed by atoms with E-state index in [0.29, 0.717) is 12.0 Å². The molecule has 3 unspecified atom stereocenters. The first-order valence-electron chi connectivity index (χ1n) is 17.1. The van der Waals surface area contributed by atoms with Gasteiger partial charge in [-0.1, -0.05) is 78.9 Å². The van der Waals surface area contributed by atoms with Crippen molar-refractivity contribution in [2.45, 2.75) is 160 Å². The fraction of sp³-hybridized carbons (Fsp3) is 0.794. The van der Waals surface area contributed by atoms with Gasteiger partial charge in [0.2, 0.25) is 6.41 Å². The molecule has 0 spiro atoms. The van der Waals surface area contributed by atoms with Crippen LogP contribution in [0, 0.1) is 5.92 Å². The van der Waals surface area contributed by atoms with Crippen LogP contribution >= 0.6 is 0 Å². The van der Waals surface area contributed by atoms with E-state index in [-0.39, 0.29) is 35.8 Å². The molecular weight excluding hydrogens is 540 g/mol. The van der Waals surface area contributed by atoms with Gasteiger partial charge >= 0.3 is 6.03 Å². The van der Waals surface area contributed by atoms with Gasteiger partial charge in [0.1, 0.15) is 6.17 Å². The predicted octanol–water partition coefficient (Wildman–Crippen LogP) is 5.61. The SMILES string of the molecule is C=C(NC(NC1CC1)C(C)=O)C1CCCN1C(=C)C(NC(=O)NC1(CC)CCCCC1)C1CCCCC1.CCC.NC=O. The van der Waals surface area contributed by atoms with Gasteiger partial charge < -0.3 is 26.6 Å². The zero-order chi connectivity index (χ0) is 31.8. The summed E-state index contributed by atoms with van der Waals surface area (Å²) in [6.07, 6.45) is 18.1.